The standard InChI is InChI=1S/C10H13NO5/c12-9(8-6-15-3-4-16-8)11-2-1-7(5-11)10(13)14/h6-7H,1-5H2,(H,13,14). The maximum absolute atomic E-state index is 11.8. The topological polar surface area (TPSA) is 76.1 Å². The van der Waals surface area contributed by atoms with Gasteiger partial charge in [-0.1, -0.05) is 0 Å². The molecular formula is C10H13NO5. The van der Waals surface area contributed by atoms with Crippen LogP contribution in [0.4, 0.5) is 0 Å². The van der Waals surface area contributed by atoms with Crippen LogP contribution in [0, 0.1) is 5.92 Å². The molecule has 0 radical (unpaired) electrons. The molecule has 2 aliphatic rings. The predicted molar refractivity (Wildman–Crippen MR) is 52.3 cm³/mol. The summed E-state index contributed by atoms with van der Waals surface area (Å²) in [4.78, 5) is 24.1. The van der Waals surface area contributed by atoms with Crippen molar-refractivity contribution in [1.29, 1.82) is 0 Å². The number of hydrogen-bond acceptors (Lipinski definition) is 4. The molecule has 0 aromatic heterocycles. The zero-order valence-corrected chi connectivity index (χ0v) is 8.72. The highest BCUT2D eigenvalue weighted by molar-refractivity contribution is 5.92. The molecule has 0 bridgehead atoms. The molecule has 0 aromatic rings. The van der Waals surface area contributed by atoms with Crippen LogP contribution in [0.3, 0.4) is 0 Å². The fraction of sp³-hybridized carbons (Fsp3) is 0.600. The molecule has 1 N–H and O–H groups in total. The normalized spacial score (nSPS) is 24.4. The first-order valence-corrected chi connectivity index (χ1v) is 5.15. The van der Waals surface area contributed by atoms with Gasteiger partial charge in [-0.15, -0.1) is 0 Å². The Bertz CT molecular complexity index is 338. The van der Waals surface area contributed by atoms with Crippen molar-refractivity contribution in [3.63, 3.8) is 0 Å². The molecule has 16 heavy (non-hydrogen) atoms. The first-order chi connectivity index (χ1) is 7.68. The number of likely N-dealkylation sites (tertiary alicyclic amines) is 1. The molecular weight excluding hydrogens is 214 g/mol. The fourth-order valence-electron chi connectivity index (χ4n) is 1.78. The lowest BCUT2D eigenvalue weighted by molar-refractivity contribution is -0.141. The van der Waals surface area contributed by atoms with E-state index >= 15 is 0 Å². The zero-order chi connectivity index (χ0) is 11.5. The van der Waals surface area contributed by atoms with Crippen LogP contribution in [0.15, 0.2) is 12.0 Å². The summed E-state index contributed by atoms with van der Waals surface area (Å²) in [6, 6.07) is 0. The number of hydrogen-bond donors (Lipinski definition) is 1. The minimum atomic E-state index is -0.856. The second-order valence-corrected chi connectivity index (χ2v) is 3.78. The molecule has 1 fully saturated rings. The molecule has 2 aliphatic heterocycles. The molecule has 0 spiro atoms. The van der Waals surface area contributed by atoms with Crippen molar-refractivity contribution < 1.29 is 24.2 Å². The molecule has 2 heterocycles. The van der Waals surface area contributed by atoms with E-state index in [1.54, 1.807) is 0 Å². The van der Waals surface area contributed by atoms with Gasteiger partial charge in [-0.25, -0.2) is 0 Å². The third-order valence-electron chi connectivity index (χ3n) is 2.68. The van der Waals surface area contributed by atoms with E-state index in [0.717, 1.165) is 0 Å². The van der Waals surface area contributed by atoms with Crippen LogP contribution in [0.1, 0.15) is 6.42 Å². The van der Waals surface area contributed by atoms with Gasteiger partial charge in [-0.2, -0.15) is 0 Å². The molecule has 6 heteroatoms. The number of amides is 1. The minimum Gasteiger partial charge on any atom is -0.494 e. The van der Waals surface area contributed by atoms with Crippen molar-refractivity contribution in [3.05, 3.63) is 12.0 Å². The molecule has 1 unspecified atom stereocenters. The second kappa shape index (κ2) is 4.42. The van der Waals surface area contributed by atoms with Gasteiger partial charge in [0.05, 0.1) is 5.92 Å². The number of nitrogens with zero attached hydrogens (tertiary/aromatic N) is 1. The monoisotopic (exact) mass is 227 g/mol. The number of ether oxygens (including phenoxy) is 2. The smallest absolute Gasteiger partial charge is 0.308 e. The summed E-state index contributed by atoms with van der Waals surface area (Å²) in [6.07, 6.45) is 1.79. The summed E-state index contributed by atoms with van der Waals surface area (Å²) < 4.78 is 10.1. The highest BCUT2D eigenvalue weighted by atomic mass is 16.6. The predicted octanol–water partition coefficient (Wildman–Crippen LogP) is -0.192. The minimum absolute atomic E-state index is 0.164. The Kier molecular flexibility index (Phi) is 2.98. The van der Waals surface area contributed by atoms with E-state index in [2.05, 4.69) is 0 Å². The van der Waals surface area contributed by atoms with E-state index in [1.165, 1.54) is 11.2 Å². The molecule has 6 nitrogen and oxygen atoms in total. The fourth-order valence-corrected chi connectivity index (χ4v) is 1.78. The summed E-state index contributed by atoms with van der Waals surface area (Å²) >= 11 is 0. The molecule has 0 aromatic carbocycles. The highest BCUT2D eigenvalue weighted by Crippen LogP contribution is 2.19. The van der Waals surface area contributed by atoms with Gasteiger partial charge in [0.2, 0.25) is 5.76 Å². The Hall–Kier alpha value is -1.72. The van der Waals surface area contributed by atoms with E-state index in [9.17, 15) is 9.59 Å². The Morgan fingerprint density at radius 3 is 2.81 bits per heavy atom. The maximum atomic E-state index is 11.8. The van der Waals surface area contributed by atoms with Gasteiger partial charge in [-0.05, 0) is 6.42 Å². The Morgan fingerprint density at radius 2 is 2.25 bits per heavy atom. The van der Waals surface area contributed by atoms with E-state index in [0.29, 0.717) is 26.2 Å². The summed E-state index contributed by atoms with van der Waals surface area (Å²) in [6.45, 7) is 1.49. The zero-order valence-electron chi connectivity index (χ0n) is 8.72. The van der Waals surface area contributed by atoms with Crippen molar-refractivity contribution in [2.45, 2.75) is 6.42 Å². The van der Waals surface area contributed by atoms with Gasteiger partial charge in [-0.3, -0.25) is 9.59 Å². The number of carbonyl (C=O) groups is 2. The lowest BCUT2D eigenvalue weighted by Crippen LogP contribution is -2.33. The third-order valence-corrected chi connectivity index (χ3v) is 2.68. The SMILES string of the molecule is O=C(O)C1CCN(C(=O)C2=COCCO2)C1. The molecule has 1 saturated heterocycles. The quantitative estimate of drug-likeness (QED) is 0.707. The lowest BCUT2D eigenvalue weighted by atomic mass is 10.1. The molecule has 0 aliphatic carbocycles. The van der Waals surface area contributed by atoms with Gasteiger partial charge in [0.15, 0.2) is 0 Å². The van der Waals surface area contributed by atoms with Crippen molar-refractivity contribution in [2.75, 3.05) is 26.3 Å². The number of aliphatic carboxylic acids is 1. The van der Waals surface area contributed by atoms with Crippen LogP contribution >= 0.6 is 0 Å². The summed E-state index contributed by atoms with van der Waals surface area (Å²) in [5, 5.41) is 8.81. The number of carboxylic acids is 1. The van der Waals surface area contributed by atoms with Crippen molar-refractivity contribution >= 4 is 11.9 Å². The molecule has 1 atom stereocenters. The van der Waals surface area contributed by atoms with Crippen LogP contribution in [-0.4, -0.2) is 48.2 Å². The van der Waals surface area contributed by atoms with Crippen LogP contribution < -0.4 is 0 Å². The van der Waals surface area contributed by atoms with Gasteiger partial charge in [0, 0.05) is 13.1 Å². The van der Waals surface area contributed by atoms with Gasteiger partial charge in [0.25, 0.3) is 5.91 Å². The van der Waals surface area contributed by atoms with Crippen LogP contribution in [0.2, 0.25) is 0 Å². The van der Waals surface area contributed by atoms with E-state index in [1.807, 2.05) is 0 Å². The van der Waals surface area contributed by atoms with Crippen molar-refractivity contribution in [3.8, 4) is 0 Å². The van der Waals surface area contributed by atoms with Gasteiger partial charge < -0.3 is 19.5 Å². The van der Waals surface area contributed by atoms with Crippen molar-refractivity contribution in [1.82, 2.24) is 4.90 Å². The Labute approximate surface area is 92.4 Å². The number of rotatable bonds is 2. The molecule has 0 saturated carbocycles. The number of carbonyl (C=O) groups excluding carboxylic acids is 1. The average Bonchev–Trinajstić information content (AvgIpc) is 2.78. The molecule has 2 rings (SSSR count). The van der Waals surface area contributed by atoms with Gasteiger partial charge in [0.1, 0.15) is 19.5 Å². The molecule has 1 amide bonds. The first-order valence-electron chi connectivity index (χ1n) is 5.15. The number of carboxylic acid groups (broad SMARTS) is 1. The largest absolute Gasteiger partial charge is 0.494 e. The summed E-state index contributed by atoms with van der Waals surface area (Å²) in [5.41, 5.74) is 0. The van der Waals surface area contributed by atoms with Crippen LogP contribution in [-0.2, 0) is 19.1 Å². The average molecular weight is 227 g/mol. The summed E-state index contributed by atoms with van der Waals surface area (Å²) in [5.74, 6) is -1.44. The molecule has 88 valence electrons. The maximum Gasteiger partial charge on any atom is 0.308 e. The van der Waals surface area contributed by atoms with Crippen LogP contribution in [0.25, 0.3) is 0 Å². The van der Waals surface area contributed by atoms with Crippen LogP contribution in [0.5, 0.6) is 0 Å². The second-order valence-electron chi connectivity index (χ2n) is 3.78. The Morgan fingerprint density at radius 1 is 1.44 bits per heavy atom. The van der Waals surface area contributed by atoms with E-state index < -0.39 is 11.9 Å². The lowest BCUT2D eigenvalue weighted by Gasteiger charge is -2.20. The highest BCUT2D eigenvalue weighted by Gasteiger charge is 2.33. The van der Waals surface area contributed by atoms with E-state index in [4.69, 9.17) is 14.6 Å². The van der Waals surface area contributed by atoms with Crippen molar-refractivity contribution in [2.24, 2.45) is 5.92 Å². The van der Waals surface area contributed by atoms with Gasteiger partial charge >= 0.3 is 5.97 Å². The van der Waals surface area contributed by atoms with E-state index in [-0.39, 0.29) is 18.2 Å². The Balaban J connectivity index is 1.96. The summed E-state index contributed by atoms with van der Waals surface area (Å²) in [7, 11) is 0. The first kappa shape index (κ1) is 10.8. The third kappa shape index (κ3) is 2.10.